The maximum Gasteiger partial charge on any atom is 0.0602 e. The van der Waals surface area contributed by atoms with E-state index in [4.69, 9.17) is 0 Å². The lowest BCUT2D eigenvalue weighted by Gasteiger charge is -2.42. The average Bonchev–Trinajstić information content (AvgIpc) is 2.56. The molecule has 134 valence electrons. The summed E-state index contributed by atoms with van der Waals surface area (Å²) in [5.41, 5.74) is 0. The summed E-state index contributed by atoms with van der Waals surface area (Å²) >= 11 is 0. The highest BCUT2D eigenvalue weighted by molar-refractivity contribution is 5.04. The van der Waals surface area contributed by atoms with Gasteiger partial charge < -0.3 is 0 Å². The van der Waals surface area contributed by atoms with Crippen LogP contribution < -0.4 is 0 Å². The summed E-state index contributed by atoms with van der Waals surface area (Å²) in [6, 6.07) is 0.781. The van der Waals surface area contributed by atoms with Crippen LogP contribution >= 0.6 is 0 Å². The smallest absolute Gasteiger partial charge is 0.0602 e. The Morgan fingerprint density at radius 3 is 1.62 bits per heavy atom. The molecule has 0 atom stereocenters. The van der Waals surface area contributed by atoms with Crippen molar-refractivity contribution in [3.8, 4) is 23.7 Å². The van der Waals surface area contributed by atoms with Crippen molar-refractivity contribution >= 4 is 0 Å². The predicted octanol–water partition coefficient (Wildman–Crippen LogP) is 2.39. The Morgan fingerprint density at radius 2 is 1.17 bits per heavy atom. The topological polar surface area (TPSA) is 9.72 Å². The molecule has 2 aliphatic heterocycles. The summed E-state index contributed by atoms with van der Waals surface area (Å²) in [5.74, 6) is 14.2. The second-order valence-corrected chi connectivity index (χ2v) is 7.77. The van der Waals surface area contributed by atoms with Crippen molar-refractivity contribution in [2.24, 2.45) is 11.8 Å². The fourth-order valence-corrected chi connectivity index (χ4v) is 3.45. The molecule has 0 unspecified atom stereocenters. The van der Waals surface area contributed by atoms with Crippen molar-refractivity contribution in [2.45, 2.75) is 46.6 Å². The molecule has 0 saturated carbocycles. The molecule has 2 fully saturated rings. The van der Waals surface area contributed by atoms with E-state index < -0.39 is 0 Å². The molecule has 0 aromatic carbocycles. The lowest BCUT2D eigenvalue weighted by molar-refractivity contribution is 0.0671. The van der Waals surface area contributed by atoms with Gasteiger partial charge in [-0.05, 0) is 12.8 Å². The molecule has 3 heteroatoms. The molecule has 2 aliphatic rings. The van der Waals surface area contributed by atoms with Crippen molar-refractivity contribution in [2.75, 3.05) is 52.4 Å². The van der Waals surface area contributed by atoms with Crippen LogP contribution in [0.15, 0.2) is 0 Å². The molecule has 0 bridgehead atoms. The third kappa shape index (κ3) is 6.86. The highest BCUT2D eigenvalue weighted by Crippen LogP contribution is 2.18. The first-order chi connectivity index (χ1) is 11.5. The SMILES string of the molecule is CC(C)C#CCN1CCC(N2CCN(CC#CC(C)C)CC2)CC1. The molecule has 0 N–H and O–H groups in total. The number of piperidine rings is 1. The van der Waals surface area contributed by atoms with Crippen molar-refractivity contribution < 1.29 is 0 Å². The van der Waals surface area contributed by atoms with Gasteiger partial charge in [-0.15, -0.1) is 0 Å². The molecule has 2 saturated heterocycles. The van der Waals surface area contributed by atoms with Crippen LogP contribution in [-0.4, -0.2) is 73.1 Å². The van der Waals surface area contributed by atoms with Crippen LogP contribution in [0.1, 0.15) is 40.5 Å². The van der Waals surface area contributed by atoms with Crippen LogP contribution in [0.3, 0.4) is 0 Å². The number of rotatable bonds is 3. The molecule has 0 aromatic heterocycles. The van der Waals surface area contributed by atoms with Gasteiger partial charge in [0.1, 0.15) is 0 Å². The Kier molecular flexibility index (Phi) is 8.13. The molecule has 0 amide bonds. The van der Waals surface area contributed by atoms with Gasteiger partial charge in [-0.3, -0.25) is 14.7 Å². The maximum atomic E-state index is 3.32. The lowest BCUT2D eigenvalue weighted by atomic mass is 10.0. The second kappa shape index (κ2) is 10.1. The summed E-state index contributed by atoms with van der Waals surface area (Å²) in [5, 5.41) is 0. The van der Waals surface area contributed by atoms with Crippen LogP contribution in [0.25, 0.3) is 0 Å². The largest absolute Gasteiger partial charge is 0.298 e. The Morgan fingerprint density at radius 1 is 0.708 bits per heavy atom. The highest BCUT2D eigenvalue weighted by Gasteiger charge is 2.26. The molecular formula is C21H35N3. The molecule has 24 heavy (non-hydrogen) atoms. The summed E-state index contributed by atoms with van der Waals surface area (Å²) in [7, 11) is 0. The van der Waals surface area contributed by atoms with E-state index >= 15 is 0 Å². The highest BCUT2D eigenvalue weighted by atomic mass is 15.3. The van der Waals surface area contributed by atoms with E-state index in [9.17, 15) is 0 Å². The van der Waals surface area contributed by atoms with Crippen molar-refractivity contribution in [1.82, 2.24) is 14.7 Å². The van der Waals surface area contributed by atoms with Gasteiger partial charge in [-0.2, -0.15) is 0 Å². The molecule has 0 aromatic rings. The van der Waals surface area contributed by atoms with Gasteiger partial charge in [0.15, 0.2) is 0 Å². The van der Waals surface area contributed by atoms with Crippen LogP contribution in [0, 0.1) is 35.5 Å². The molecular weight excluding hydrogens is 294 g/mol. The molecule has 0 aliphatic carbocycles. The number of hydrogen-bond acceptors (Lipinski definition) is 3. The summed E-state index contributed by atoms with van der Waals surface area (Å²) < 4.78 is 0. The summed E-state index contributed by atoms with van der Waals surface area (Å²) in [6.45, 7) is 17.7. The normalized spacial score (nSPS) is 21.4. The predicted molar refractivity (Wildman–Crippen MR) is 103 cm³/mol. The third-order valence-electron chi connectivity index (χ3n) is 4.87. The Labute approximate surface area is 149 Å². The number of piperazine rings is 1. The van der Waals surface area contributed by atoms with Gasteiger partial charge in [0, 0.05) is 57.1 Å². The standard InChI is InChI=1S/C21H35N3/c1-19(2)7-5-11-22-13-9-21(10-14-22)24-17-15-23(16-18-24)12-6-8-20(3)4/h19-21H,9-18H2,1-4H3. The fourth-order valence-electron chi connectivity index (χ4n) is 3.45. The van der Waals surface area contributed by atoms with Crippen LogP contribution in [0.4, 0.5) is 0 Å². The minimum absolute atomic E-state index is 0.488. The number of nitrogens with zero attached hydrogens (tertiary/aromatic N) is 3. The van der Waals surface area contributed by atoms with Crippen LogP contribution in [0.2, 0.25) is 0 Å². The first-order valence-corrected chi connectivity index (χ1v) is 9.70. The first-order valence-electron chi connectivity index (χ1n) is 9.70. The van der Waals surface area contributed by atoms with E-state index in [1.165, 1.54) is 52.1 Å². The van der Waals surface area contributed by atoms with E-state index in [0.29, 0.717) is 11.8 Å². The molecule has 0 spiro atoms. The quantitative estimate of drug-likeness (QED) is 0.736. The monoisotopic (exact) mass is 329 g/mol. The van der Waals surface area contributed by atoms with Crippen LogP contribution in [-0.2, 0) is 0 Å². The summed E-state index contributed by atoms with van der Waals surface area (Å²) in [4.78, 5) is 7.73. The molecule has 0 radical (unpaired) electrons. The maximum absolute atomic E-state index is 3.32. The zero-order valence-electron chi connectivity index (χ0n) is 16.1. The number of likely N-dealkylation sites (tertiary alicyclic amines) is 1. The van der Waals surface area contributed by atoms with Gasteiger partial charge in [0.25, 0.3) is 0 Å². The Bertz CT molecular complexity index is 427. The fraction of sp³-hybridized carbons (Fsp3) is 0.810. The minimum atomic E-state index is 0.488. The van der Waals surface area contributed by atoms with Crippen molar-refractivity contribution in [1.29, 1.82) is 0 Å². The Balaban J connectivity index is 1.66. The van der Waals surface area contributed by atoms with E-state index in [-0.39, 0.29) is 0 Å². The number of hydrogen-bond donors (Lipinski definition) is 0. The van der Waals surface area contributed by atoms with E-state index in [0.717, 1.165) is 19.1 Å². The molecule has 3 nitrogen and oxygen atoms in total. The zero-order chi connectivity index (χ0) is 17.4. The van der Waals surface area contributed by atoms with Gasteiger partial charge >= 0.3 is 0 Å². The first kappa shape index (κ1) is 19.3. The second-order valence-electron chi connectivity index (χ2n) is 7.77. The van der Waals surface area contributed by atoms with Gasteiger partial charge in [-0.1, -0.05) is 51.4 Å². The summed E-state index contributed by atoms with van der Waals surface area (Å²) in [6.07, 6.45) is 2.60. The van der Waals surface area contributed by atoms with Crippen LogP contribution in [0.5, 0.6) is 0 Å². The van der Waals surface area contributed by atoms with Crippen molar-refractivity contribution in [3.05, 3.63) is 0 Å². The molecule has 2 heterocycles. The van der Waals surface area contributed by atoms with E-state index in [2.05, 4.69) is 66.1 Å². The minimum Gasteiger partial charge on any atom is -0.298 e. The van der Waals surface area contributed by atoms with Crippen molar-refractivity contribution in [3.63, 3.8) is 0 Å². The lowest BCUT2D eigenvalue weighted by Crippen LogP contribution is -2.53. The van der Waals surface area contributed by atoms with Gasteiger partial charge in [0.05, 0.1) is 13.1 Å². The van der Waals surface area contributed by atoms with Gasteiger partial charge in [0.2, 0.25) is 0 Å². The third-order valence-corrected chi connectivity index (χ3v) is 4.87. The molecule has 2 rings (SSSR count). The average molecular weight is 330 g/mol. The Hall–Kier alpha value is -1.00. The van der Waals surface area contributed by atoms with E-state index in [1.807, 2.05) is 0 Å². The zero-order valence-corrected chi connectivity index (χ0v) is 16.1. The van der Waals surface area contributed by atoms with Gasteiger partial charge in [-0.25, -0.2) is 0 Å². The van der Waals surface area contributed by atoms with E-state index in [1.54, 1.807) is 0 Å².